The molecule has 0 heterocycles. The van der Waals surface area contributed by atoms with Gasteiger partial charge in [0.2, 0.25) is 10.0 Å². The minimum absolute atomic E-state index is 0.126. The first-order valence-electron chi connectivity index (χ1n) is 8.03. The molecule has 138 valence electrons. The van der Waals surface area contributed by atoms with E-state index in [1.807, 2.05) is 49.4 Å². The molecule has 6 nitrogen and oxygen atoms in total. The third-order valence-corrected chi connectivity index (χ3v) is 5.65. The average molecular weight is 374 g/mol. The molecule has 7 heteroatoms. The number of hydroxylamine groups is 1. The molecule has 0 atom stereocenters. The maximum absolute atomic E-state index is 11.9. The van der Waals surface area contributed by atoms with Gasteiger partial charge in [0.05, 0.1) is 0 Å². The number of aryl methyl sites for hydroxylation is 1. The molecule has 0 fully saturated rings. The summed E-state index contributed by atoms with van der Waals surface area (Å²) in [4.78, 5) is 11.0. The van der Waals surface area contributed by atoms with E-state index in [2.05, 4.69) is 12.1 Å². The Bertz CT molecular complexity index is 893. The minimum Gasteiger partial charge on any atom is -0.289 e. The fraction of sp³-hybridized carbons (Fsp3) is 0.211. The van der Waals surface area contributed by atoms with Crippen molar-refractivity contribution in [1.82, 2.24) is 9.79 Å². The van der Waals surface area contributed by atoms with E-state index in [1.165, 1.54) is 12.5 Å². The molecule has 0 aliphatic heterocycles. The smallest absolute Gasteiger partial charge is 0.259 e. The number of sulfonamides is 1. The van der Waals surface area contributed by atoms with Crippen molar-refractivity contribution in [2.75, 3.05) is 19.3 Å². The first kappa shape index (κ1) is 19.8. The molecule has 0 aromatic heterocycles. The van der Waals surface area contributed by atoms with Crippen LogP contribution in [0.4, 0.5) is 0 Å². The van der Waals surface area contributed by atoms with Crippen molar-refractivity contribution in [1.29, 1.82) is 0 Å². The summed E-state index contributed by atoms with van der Waals surface area (Å²) in [5.41, 5.74) is 5.70. The lowest BCUT2D eigenvalue weighted by Crippen LogP contribution is -2.36. The lowest BCUT2D eigenvalue weighted by atomic mass is 9.98. The molecule has 2 aromatic carbocycles. The molecule has 26 heavy (non-hydrogen) atoms. The van der Waals surface area contributed by atoms with Gasteiger partial charge in [-0.05, 0) is 29.2 Å². The predicted molar refractivity (Wildman–Crippen MR) is 102 cm³/mol. The largest absolute Gasteiger partial charge is 0.289 e. The van der Waals surface area contributed by atoms with Crippen molar-refractivity contribution in [3.63, 3.8) is 0 Å². The molecule has 0 unspecified atom stereocenters. The number of hydrogen-bond acceptors (Lipinski definition) is 4. The van der Waals surface area contributed by atoms with E-state index in [0.29, 0.717) is 0 Å². The second-order valence-corrected chi connectivity index (χ2v) is 7.99. The Labute approximate surface area is 153 Å². The van der Waals surface area contributed by atoms with Crippen LogP contribution in [0.25, 0.3) is 17.2 Å². The van der Waals surface area contributed by atoms with Gasteiger partial charge in [-0.15, -0.1) is 0 Å². The van der Waals surface area contributed by atoms with Crippen LogP contribution in [0, 0.1) is 6.92 Å². The van der Waals surface area contributed by atoms with E-state index in [-0.39, 0.29) is 6.54 Å². The van der Waals surface area contributed by atoms with Gasteiger partial charge >= 0.3 is 0 Å². The molecule has 0 spiro atoms. The van der Waals surface area contributed by atoms with Gasteiger partial charge < -0.3 is 0 Å². The SMILES string of the molecule is Cc1cc(/C=C/CN(C)S(=O)(=O)CC(=O)NO)ccc1-c1ccccc1. The van der Waals surface area contributed by atoms with Crippen LogP contribution in [0.1, 0.15) is 11.1 Å². The highest BCUT2D eigenvalue weighted by molar-refractivity contribution is 7.89. The van der Waals surface area contributed by atoms with E-state index in [9.17, 15) is 13.2 Å². The molecule has 0 bridgehead atoms. The van der Waals surface area contributed by atoms with Crippen molar-refractivity contribution in [3.8, 4) is 11.1 Å². The molecule has 1 amide bonds. The molecule has 0 saturated carbocycles. The topological polar surface area (TPSA) is 86.7 Å². The first-order chi connectivity index (χ1) is 12.3. The number of hydrogen-bond donors (Lipinski definition) is 2. The van der Waals surface area contributed by atoms with Crippen LogP contribution >= 0.6 is 0 Å². The first-order valence-corrected chi connectivity index (χ1v) is 9.64. The van der Waals surface area contributed by atoms with Crippen molar-refractivity contribution in [3.05, 3.63) is 65.7 Å². The van der Waals surface area contributed by atoms with Crippen molar-refractivity contribution in [2.24, 2.45) is 0 Å². The Morgan fingerprint density at radius 1 is 1.19 bits per heavy atom. The summed E-state index contributed by atoms with van der Waals surface area (Å²) in [5, 5.41) is 8.44. The second-order valence-electron chi connectivity index (χ2n) is 5.91. The lowest BCUT2D eigenvalue weighted by Gasteiger charge is -2.14. The van der Waals surface area contributed by atoms with Crippen LogP contribution in [0.2, 0.25) is 0 Å². The van der Waals surface area contributed by atoms with Gasteiger partial charge in [0, 0.05) is 13.6 Å². The zero-order chi connectivity index (χ0) is 19.2. The van der Waals surface area contributed by atoms with Gasteiger partial charge in [0.1, 0.15) is 5.75 Å². The third kappa shape index (κ3) is 5.26. The lowest BCUT2D eigenvalue weighted by molar-refractivity contribution is -0.126. The fourth-order valence-corrected chi connectivity index (χ4v) is 3.42. The normalized spacial score (nSPS) is 11.8. The highest BCUT2D eigenvalue weighted by Crippen LogP contribution is 2.24. The van der Waals surface area contributed by atoms with Gasteiger partial charge in [-0.1, -0.05) is 60.7 Å². The Balaban J connectivity index is 2.05. The van der Waals surface area contributed by atoms with E-state index in [4.69, 9.17) is 5.21 Å². The summed E-state index contributed by atoms with van der Waals surface area (Å²) in [7, 11) is -2.38. The van der Waals surface area contributed by atoms with Gasteiger partial charge in [-0.3, -0.25) is 10.0 Å². The highest BCUT2D eigenvalue weighted by atomic mass is 32.2. The van der Waals surface area contributed by atoms with E-state index >= 15 is 0 Å². The molecule has 0 aliphatic carbocycles. The molecule has 0 radical (unpaired) electrons. The van der Waals surface area contributed by atoms with Gasteiger partial charge in [0.15, 0.2) is 0 Å². The summed E-state index contributed by atoms with van der Waals surface area (Å²) >= 11 is 0. The standard InChI is InChI=1S/C19H22N2O4S/c1-15-13-16(10-11-18(15)17-8-4-3-5-9-17)7-6-12-21(2)26(24,25)14-19(22)20-23/h3-11,13,23H,12,14H2,1-2H3,(H,20,22)/b7-6+. The van der Waals surface area contributed by atoms with Crippen LogP contribution in [0.3, 0.4) is 0 Å². The van der Waals surface area contributed by atoms with Crippen LogP contribution in [-0.2, 0) is 14.8 Å². The Morgan fingerprint density at radius 3 is 2.50 bits per heavy atom. The predicted octanol–water partition coefficient (Wildman–Crippen LogP) is 2.44. The molecule has 2 N–H and O–H groups in total. The molecule has 0 saturated heterocycles. The number of rotatable bonds is 7. The van der Waals surface area contributed by atoms with Crippen LogP contribution < -0.4 is 5.48 Å². The second kappa shape index (κ2) is 8.75. The maximum Gasteiger partial charge on any atom is 0.259 e. The summed E-state index contributed by atoms with van der Waals surface area (Å²) in [5.74, 6) is -1.76. The minimum atomic E-state index is -3.77. The van der Waals surface area contributed by atoms with Gasteiger partial charge in [0.25, 0.3) is 5.91 Å². The Kier molecular flexibility index (Phi) is 6.68. The van der Waals surface area contributed by atoms with Crippen molar-refractivity contribution < 1.29 is 18.4 Å². The number of carbonyl (C=O) groups is 1. The number of nitrogens with zero attached hydrogens (tertiary/aromatic N) is 1. The molecule has 2 rings (SSSR count). The number of nitrogens with one attached hydrogen (secondary N) is 1. The number of likely N-dealkylation sites (N-methyl/N-ethyl adjacent to an activating group) is 1. The zero-order valence-corrected chi connectivity index (χ0v) is 15.5. The molecule has 0 aliphatic rings. The van der Waals surface area contributed by atoms with Crippen LogP contribution in [-0.4, -0.2) is 43.2 Å². The molecule has 2 aromatic rings. The maximum atomic E-state index is 11.9. The third-order valence-electron chi connectivity index (χ3n) is 3.92. The average Bonchev–Trinajstić information content (AvgIpc) is 2.62. The number of amides is 1. The van der Waals surface area contributed by atoms with Gasteiger partial charge in [-0.2, -0.15) is 0 Å². The summed E-state index contributed by atoms with van der Waals surface area (Å²) in [6.45, 7) is 2.16. The zero-order valence-electron chi connectivity index (χ0n) is 14.7. The van der Waals surface area contributed by atoms with Crippen molar-refractivity contribution in [2.45, 2.75) is 6.92 Å². The van der Waals surface area contributed by atoms with E-state index < -0.39 is 21.7 Å². The monoisotopic (exact) mass is 374 g/mol. The molecular formula is C19H22N2O4S. The van der Waals surface area contributed by atoms with E-state index in [1.54, 1.807) is 6.08 Å². The quantitative estimate of drug-likeness (QED) is 0.576. The Hall–Kier alpha value is -2.48. The Morgan fingerprint density at radius 2 is 1.88 bits per heavy atom. The molecular weight excluding hydrogens is 352 g/mol. The number of carbonyl (C=O) groups excluding carboxylic acids is 1. The van der Waals surface area contributed by atoms with Crippen LogP contribution in [0.5, 0.6) is 0 Å². The summed E-state index contributed by atoms with van der Waals surface area (Å²) in [6, 6.07) is 16.1. The summed E-state index contributed by atoms with van der Waals surface area (Å²) in [6.07, 6.45) is 3.55. The van der Waals surface area contributed by atoms with Crippen molar-refractivity contribution >= 4 is 22.0 Å². The van der Waals surface area contributed by atoms with E-state index in [0.717, 1.165) is 26.6 Å². The summed E-state index contributed by atoms with van der Waals surface area (Å²) < 4.78 is 24.9. The van der Waals surface area contributed by atoms with Crippen LogP contribution in [0.15, 0.2) is 54.6 Å². The van der Waals surface area contributed by atoms with Gasteiger partial charge in [-0.25, -0.2) is 18.2 Å². The number of benzene rings is 2. The fourth-order valence-electron chi connectivity index (χ4n) is 2.49. The highest BCUT2D eigenvalue weighted by Gasteiger charge is 2.20.